The van der Waals surface area contributed by atoms with Gasteiger partial charge < -0.3 is 10.2 Å². The maximum absolute atomic E-state index is 13.4. The molecule has 0 aliphatic carbocycles. The molecule has 1 saturated heterocycles. The molecule has 1 heterocycles. The first-order valence-corrected chi connectivity index (χ1v) is 6.89. The number of hydrogen-bond donors (Lipinski definition) is 1. The minimum Gasteiger partial charge on any atom is -0.374 e. The third-order valence-electron chi connectivity index (χ3n) is 3.79. The normalized spacial score (nSPS) is 23.2. The van der Waals surface area contributed by atoms with E-state index in [0.29, 0.717) is 5.69 Å². The molecule has 0 spiro atoms. The van der Waals surface area contributed by atoms with Crippen molar-refractivity contribution in [1.82, 2.24) is 4.90 Å². The first-order valence-electron chi connectivity index (χ1n) is 6.89. The molecular formula is C15H21FN2O. The smallest absolute Gasteiger partial charge is 0.242 e. The van der Waals surface area contributed by atoms with Crippen LogP contribution < -0.4 is 5.32 Å². The number of hydrogen-bond acceptors (Lipinski definition) is 2. The summed E-state index contributed by atoms with van der Waals surface area (Å²) >= 11 is 0. The molecule has 0 saturated carbocycles. The second-order valence-corrected chi connectivity index (χ2v) is 5.26. The average Bonchev–Trinajstić information content (AvgIpc) is 2.37. The highest BCUT2D eigenvalue weighted by Gasteiger charge is 2.28. The zero-order chi connectivity index (χ0) is 13.8. The van der Waals surface area contributed by atoms with Crippen LogP contribution >= 0.6 is 0 Å². The number of nitrogens with zero attached hydrogens (tertiary/aromatic N) is 1. The Morgan fingerprint density at radius 1 is 1.32 bits per heavy atom. The van der Waals surface area contributed by atoms with E-state index in [0.717, 1.165) is 12.8 Å². The highest BCUT2D eigenvalue weighted by atomic mass is 19.1. The van der Waals surface area contributed by atoms with Gasteiger partial charge in [-0.25, -0.2) is 4.39 Å². The van der Waals surface area contributed by atoms with Gasteiger partial charge >= 0.3 is 0 Å². The number of rotatable bonds is 3. The van der Waals surface area contributed by atoms with Crippen LogP contribution in [0.4, 0.5) is 10.1 Å². The number of piperidine rings is 1. The summed E-state index contributed by atoms with van der Waals surface area (Å²) in [5.41, 5.74) is 0.383. The van der Waals surface area contributed by atoms with E-state index >= 15 is 0 Å². The van der Waals surface area contributed by atoms with Gasteiger partial charge in [0, 0.05) is 12.1 Å². The number of para-hydroxylation sites is 1. The Bertz CT molecular complexity index is 440. The SMILES string of the molecule is CC1CCCC(C)N1C(=O)CNc1ccccc1F. The number of benzene rings is 1. The quantitative estimate of drug-likeness (QED) is 0.910. The molecular weight excluding hydrogens is 243 g/mol. The summed E-state index contributed by atoms with van der Waals surface area (Å²) in [4.78, 5) is 14.2. The Balaban J connectivity index is 1.95. The van der Waals surface area contributed by atoms with Crippen molar-refractivity contribution in [2.75, 3.05) is 11.9 Å². The van der Waals surface area contributed by atoms with E-state index in [2.05, 4.69) is 19.2 Å². The topological polar surface area (TPSA) is 32.3 Å². The lowest BCUT2D eigenvalue weighted by Gasteiger charge is -2.39. The van der Waals surface area contributed by atoms with Crippen LogP contribution in [0.25, 0.3) is 0 Å². The Hall–Kier alpha value is -1.58. The van der Waals surface area contributed by atoms with E-state index in [-0.39, 0.29) is 30.4 Å². The van der Waals surface area contributed by atoms with Crippen LogP contribution in [0.15, 0.2) is 24.3 Å². The Morgan fingerprint density at radius 3 is 2.58 bits per heavy atom. The molecule has 2 atom stereocenters. The molecule has 1 aliphatic rings. The summed E-state index contributed by atoms with van der Waals surface area (Å²) in [5.74, 6) is -0.280. The zero-order valence-corrected chi connectivity index (χ0v) is 11.5. The van der Waals surface area contributed by atoms with E-state index < -0.39 is 0 Å². The van der Waals surface area contributed by atoms with Crippen molar-refractivity contribution in [3.63, 3.8) is 0 Å². The van der Waals surface area contributed by atoms with Crippen molar-refractivity contribution < 1.29 is 9.18 Å². The van der Waals surface area contributed by atoms with Gasteiger partial charge in [0.1, 0.15) is 5.82 Å². The fraction of sp³-hybridized carbons (Fsp3) is 0.533. The number of carbonyl (C=O) groups is 1. The standard InChI is InChI=1S/C15H21FN2O/c1-11-6-5-7-12(2)18(11)15(19)10-17-14-9-4-3-8-13(14)16/h3-4,8-9,11-12,17H,5-7,10H2,1-2H3. The van der Waals surface area contributed by atoms with Crippen LogP contribution in [0, 0.1) is 5.82 Å². The van der Waals surface area contributed by atoms with Gasteiger partial charge in [0.25, 0.3) is 0 Å². The maximum Gasteiger partial charge on any atom is 0.242 e. The van der Waals surface area contributed by atoms with Crippen LogP contribution in [0.3, 0.4) is 0 Å². The molecule has 0 bridgehead atoms. The molecule has 3 nitrogen and oxygen atoms in total. The first kappa shape index (κ1) is 13.8. The van der Waals surface area contributed by atoms with Gasteiger partial charge in [0.15, 0.2) is 0 Å². The number of amides is 1. The summed E-state index contributed by atoms with van der Waals surface area (Å²) in [6.07, 6.45) is 3.28. The van der Waals surface area contributed by atoms with Gasteiger partial charge in [0.05, 0.1) is 12.2 Å². The molecule has 1 amide bonds. The van der Waals surface area contributed by atoms with Crippen LogP contribution in [0.2, 0.25) is 0 Å². The molecule has 2 rings (SSSR count). The fourth-order valence-corrected chi connectivity index (χ4v) is 2.78. The van der Waals surface area contributed by atoms with Crippen LogP contribution in [0.5, 0.6) is 0 Å². The molecule has 0 radical (unpaired) electrons. The van der Waals surface area contributed by atoms with E-state index in [1.807, 2.05) is 4.90 Å². The molecule has 4 heteroatoms. The maximum atomic E-state index is 13.4. The average molecular weight is 264 g/mol. The highest BCUT2D eigenvalue weighted by Crippen LogP contribution is 2.22. The molecule has 0 aromatic heterocycles. The van der Waals surface area contributed by atoms with E-state index in [1.54, 1.807) is 18.2 Å². The first-order chi connectivity index (χ1) is 9.09. The summed E-state index contributed by atoms with van der Waals surface area (Å²) in [5, 5.41) is 2.88. The lowest BCUT2D eigenvalue weighted by molar-refractivity contribution is -0.135. The summed E-state index contributed by atoms with van der Waals surface area (Å²) in [7, 11) is 0. The Morgan fingerprint density at radius 2 is 1.95 bits per heavy atom. The minimum atomic E-state index is -0.324. The fourth-order valence-electron chi connectivity index (χ4n) is 2.78. The van der Waals surface area contributed by atoms with Gasteiger partial charge in [-0.05, 0) is 45.2 Å². The number of halogens is 1. The van der Waals surface area contributed by atoms with E-state index in [1.165, 1.54) is 12.5 Å². The van der Waals surface area contributed by atoms with Gasteiger partial charge in [-0.2, -0.15) is 0 Å². The van der Waals surface area contributed by atoms with Crippen molar-refractivity contribution >= 4 is 11.6 Å². The third kappa shape index (κ3) is 3.25. The molecule has 1 fully saturated rings. The zero-order valence-electron chi connectivity index (χ0n) is 11.5. The molecule has 104 valence electrons. The van der Waals surface area contributed by atoms with Gasteiger partial charge in [-0.1, -0.05) is 12.1 Å². The van der Waals surface area contributed by atoms with Crippen molar-refractivity contribution in [3.05, 3.63) is 30.1 Å². The summed E-state index contributed by atoms with van der Waals surface area (Å²) in [6.45, 7) is 4.31. The molecule has 19 heavy (non-hydrogen) atoms. The predicted molar refractivity (Wildman–Crippen MR) is 74.5 cm³/mol. The minimum absolute atomic E-state index is 0.0444. The van der Waals surface area contributed by atoms with Crippen LogP contribution in [-0.2, 0) is 4.79 Å². The number of anilines is 1. The van der Waals surface area contributed by atoms with E-state index in [4.69, 9.17) is 0 Å². The lowest BCUT2D eigenvalue weighted by atomic mass is 9.97. The molecule has 1 aromatic carbocycles. The predicted octanol–water partition coefficient (Wildman–Crippen LogP) is 3.03. The molecule has 1 aliphatic heterocycles. The molecule has 1 N–H and O–H groups in total. The lowest BCUT2D eigenvalue weighted by Crippen LogP contribution is -2.49. The van der Waals surface area contributed by atoms with Crippen molar-refractivity contribution in [2.24, 2.45) is 0 Å². The highest BCUT2D eigenvalue weighted by molar-refractivity contribution is 5.81. The molecule has 2 unspecified atom stereocenters. The van der Waals surface area contributed by atoms with Gasteiger partial charge in [-0.3, -0.25) is 4.79 Å². The monoisotopic (exact) mass is 264 g/mol. The van der Waals surface area contributed by atoms with Crippen molar-refractivity contribution in [3.8, 4) is 0 Å². The van der Waals surface area contributed by atoms with Gasteiger partial charge in [0.2, 0.25) is 5.91 Å². The van der Waals surface area contributed by atoms with Gasteiger partial charge in [-0.15, -0.1) is 0 Å². The van der Waals surface area contributed by atoms with E-state index in [9.17, 15) is 9.18 Å². The Labute approximate surface area is 113 Å². The largest absolute Gasteiger partial charge is 0.374 e. The van der Waals surface area contributed by atoms with Crippen LogP contribution in [0.1, 0.15) is 33.1 Å². The second-order valence-electron chi connectivity index (χ2n) is 5.26. The second kappa shape index (κ2) is 6.04. The Kier molecular flexibility index (Phi) is 4.40. The van der Waals surface area contributed by atoms with Crippen molar-refractivity contribution in [2.45, 2.75) is 45.2 Å². The number of carbonyl (C=O) groups excluding carboxylic acids is 1. The summed E-state index contributed by atoms with van der Waals surface area (Å²) < 4.78 is 13.4. The molecule has 1 aromatic rings. The third-order valence-corrected chi connectivity index (χ3v) is 3.79. The number of nitrogens with one attached hydrogen (secondary N) is 1. The van der Waals surface area contributed by atoms with Crippen LogP contribution in [-0.4, -0.2) is 29.4 Å². The van der Waals surface area contributed by atoms with Crippen molar-refractivity contribution in [1.29, 1.82) is 0 Å². The summed E-state index contributed by atoms with van der Waals surface area (Å²) in [6, 6.07) is 6.97. The number of likely N-dealkylation sites (tertiary alicyclic amines) is 1.